The lowest BCUT2D eigenvalue weighted by molar-refractivity contribution is 0.747. The summed E-state index contributed by atoms with van der Waals surface area (Å²) in [6.07, 6.45) is 1.95. The van der Waals surface area contributed by atoms with Crippen LogP contribution in [0.25, 0.3) is 88.4 Å². The number of nitrogens with zero attached hydrogens (tertiary/aromatic N) is 2. The van der Waals surface area contributed by atoms with E-state index in [1.165, 1.54) is 138 Å². The molecule has 2 nitrogen and oxygen atoms in total. The quantitative estimate of drug-likeness (QED) is 0.157. The van der Waals surface area contributed by atoms with Gasteiger partial charge in [-0.3, -0.25) is 0 Å². The minimum absolute atomic E-state index is 0.0187. The summed E-state index contributed by atoms with van der Waals surface area (Å²) in [5.74, 6) is 0. The van der Waals surface area contributed by atoms with Crippen molar-refractivity contribution in [3.05, 3.63) is 209 Å². The molecule has 4 aliphatic rings. The van der Waals surface area contributed by atoms with Gasteiger partial charge >= 0.3 is 0 Å². The molecule has 0 bridgehead atoms. The van der Waals surface area contributed by atoms with Crippen molar-refractivity contribution in [1.82, 2.24) is 9.13 Å². The van der Waals surface area contributed by atoms with Gasteiger partial charge in [0.25, 0.3) is 6.71 Å². The molecule has 288 valence electrons. The van der Waals surface area contributed by atoms with Crippen LogP contribution in [-0.4, -0.2) is 15.8 Å². The maximum atomic E-state index is 2.75. The Morgan fingerprint density at radius 2 is 1.08 bits per heavy atom. The topological polar surface area (TPSA) is 9.86 Å². The Morgan fingerprint density at radius 1 is 0.452 bits per heavy atom. The third-order valence-corrected chi connectivity index (χ3v) is 15.4. The predicted molar refractivity (Wildman–Crippen MR) is 260 cm³/mol. The second-order valence-electron chi connectivity index (χ2n) is 18.0. The number of fused-ring (bicyclic) bond motifs is 13. The van der Waals surface area contributed by atoms with Crippen molar-refractivity contribution in [3.63, 3.8) is 0 Å². The Hall–Kier alpha value is -7.36. The van der Waals surface area contributed by atoms with Crippen molar-refractivity contribution in [2.75, 3.05) is 0 Å². The molecule has 3 heteroatoms. The SMILES string of the molecule is CCc1cc2c3c(c1)c1cc(CC)cc4c1n3-c1c(ccc3c1B2c1c2ccccc2cc2c(-c5ccccc5)c(-c5ccccc5)n-3c12)C41c2ccccc2-c2ccccc21. The fourth-order valence-electron chi connectivity index (χ4n) is 13.0. The van der Waals surface area contributed by atoms with Crippen LogP contribution in [0, 0.1) is 0 Å². The van der Waals surface area contributed by atoms with E-state index in [9.17, 15) is 0 Å². The zero-order valence-corrected chi connectivity index (χ0v) is 34.6. The van der Waals surface area contributed by atoms with Gasteiger partial charge in [-0.25, -0.2) is 0 Å². The lowest BCUT2D eigenvalue weighted by atomic mass is 9.33. The largest absolute Gasteiger partial charge is 0.310 e. The van der Waals surface area contributed by atoms with E-state index in [-0.39, 0.29) is 6.71 Å². The summed E-state index contributed by atoms with van der Waals surface area (Å²) in [6.45, 7) is 4.67. The summed E-state index contributed by atoms with van der Waals surface area (Å²) in [4.78, 5) is 0. The summed E-state index contributed by atoms with van der Waals surface area (Å²) in [5.41, 5.74) is 26.6. The van der Waals surface area contributed by atoms with Crippen LogP contribution in [-0.2, 0) is 18.3 Å². The van der Waals surface area contributed by atoms with Crippen LogP contribution in [0.1, 0.15) is 47.2 Å². The van der Waals surface area contributed by atoms with Crippen LogP contribution >= 0.6 is 0 Å². The lowest BCUT2D eigenvalue weighted by Gasteiger charge is -2.44. The molecule has 9 aromatic carbocycles. The number of hydrogen-bond donors (Lipinski definition) is 0. The monoisotopic (exact) mass is 786 g/mol. The predicted octanol–water partition coefficient (Wildman–Crippen LogP) is 12.2. The molecule has 3 aliphatic heterocycles. The van der Waals surface area contributed by atoms with Crippen LogP contribution in [0.3, 0.4) is 0 Å². The van der Waals surface area contributed by atoms with Gasteiger partial charge in [0.15, 0.2) is 0 Å². The van der Waals surface area contributed by atoms with E-state index < -0.39 is 5.41 Å². The number of benzene rings is 9. The number of hydrogen-bond acceptors (Lipinski definition) is 0. The summed E-state index contributed by atoms with van der Waals surface area (Å²) in [7, 11) is 0. The van der Waals surface area contributed by atoms with Gasteiger partial charge in [0, 0.05) is 38.6 Å². The first-order valence-electron chi connectivity index (χ1n) is 22.4. The average Bonchev–Trinajstić information content (AvgIpc) is 3.96. The highest BCUT2D eigenvalue weighted by atomic mass is 15.1. The summed E-state index contributed by atoms with van der Waals surface area (Å²) < 4.78 is 5.44. The molecule has 0 atom stereocenters. The summed E-state index contributed by atoms with van der Waals surface area (Å²) >= 11 is 0. The highest BCUT2D eigenvalue weighted by Gasteiger charge is 2.54. The Bertz CT molecular complexity index is 3780. The van der Waals surface area contributed by atoms with E-state index >= 15 is 0 Å². The Balaban J connectivity index is 1.24. The lowest BCUT2D eigenvalue weighted by Crippen LogP contribution is -2.60. The molecule has 0 saturated heterocycles. The van der Waals surface area contributed by atoms with E-state index in [2.05, 4.69) is 199 Å². The fourth-order valence-corrected chi connectivity index (χ4v) is 13.0. The zero-order valence-electron chi connectivity index (χ0n) is 34.6. The first-order valence-corrected chi connectivity index (χ1v) is 22.4. The van der Waals surface area contributed by atoms with Gasteiger partial charge < -0.3 is 9.13 Å². The van der Waals surface area contributed by atoms with Gasteiger partial charge in [0.1, 0.15) is 0 Å². The molecule has 1 aliphatic carbocycles. The molecule has 0 unspecified atom stereocenters. The van der Waals surface area contributed by atoms with Gasteiger partial charge in [-0.05, 0) is 120 Å². The van der Waals surface area contributed by atoms with E-state index in [1.54, 1.807) is 0 Å². The van der Waals surface area contributed by atoms with E-state index in [0.717, 1.165) is 12.8 Å². The minimum atomic E-state index is -0.497. The normalized spacial score (nSPS) is 14.2. The molecule has 1 spiro atoms. The van der Waals surface area contributed by atoms with Gasteiger partial charge in [-0.1, -0.05) is 166 Å². The van der Waals surface area contributed by atoms with Crippen molar-refractivity contribution in [2.45, 2.75) is 32.1 Å². The van der Waals surface area contributed by atoms with Crippen LogP contribution < -0.4 is 16.4 Å². The number of aryl methyl sites for hydroxylation is 2. The van der Waals surface area contributed by atoms with Crippen LogP contribution in [0.15, 0.2) is 176 Å². The smallest absolute Gasteiger partial charge is 0.253 e. The number of aromatic nitrogens is 2. The first kappa shape index (κ1) is 33.4. The third kappa shape index (κ3) is 3.71. The van der Waals surface area contributed by atoms with E-state index in [1.807, 2.05) is 0 Å². The van der Waals surface area contributed by atoms with Crippen molar-refractivity contribution in [3.8, 4) is 44.9 Å². The van der Waals surface area contributed by atoms with Gasteiger partial charge in [-0.15, -0.1) is 0 Å². The molecule has 0 amide bonds. The molecule has 11 aromatic rings. The average molecular weight is 787 g/mol. The maximum Gasteiger partial charge on any atom is 0.253 e. The van der Waals surface area contributed by atoms with Crippen molar-refractivity contribution in [2.24, 2.45) is 0 Å². The Labute approximate surface area is 360 Å². The molecular formula is C59H39BN2. The Kier molecular flexibility index (Phi) is 6.20. The highest BCUT2D eigenvalue weighted by Crippen LogP contribution is 2.62. The molecule has 0 fully saturated rings. The third-order valence-electron chi connectivity index (χ3n) is 15.4. The second kappa shape index (κ2) is 11.5. The van der Waals surface area contributed by atoms with Gasteiger partial charge in [0.2, 0.25) is 0 Å². The molecule has 62 heavy (non-hydrogen) atoms. The van der Waals surface area contributed by atoms with Gasteiger partial charge in [0.05, 0.1) is 22.1 Å². The highest BCUT2D eigenvalue weighted by molar-refractivity contribution is 7.01. The fraction of sp³-hybridized carbons (Fsp3) is 0.0847. The molecular weight excluding hydrogens is 747 g/mol. The van der Waals surface area contributed by atoms with Crippen molar-refractivity contribution < 1.29 is 0 Å². The second-order valence-corrected chi connectivity index (χ2v) is 18.0. The standard InChI is InChI=1S/C59H39BN2/c1-3-34-29-42-43-30-35(4-2)32-49-56(43)62-55(42)48(31-34)59(45-25-15-13-23-40(45)41-24-14-16-26-46(41)59)47-27-28-50-53(58(47)62)60(49)52-39-22-12-11-21-38(39)33-44-51(36-17-7-5-8-18-36)54(61(50)57(44)52)37-19-9-6-10-20-37/h5-33H,3-4H2,1-2H3. The van der Waals surface area contributed by atoms with Gasteiger partial charge in [-0.2, -0.15) is 0 Å². The number of rotatable bonds is 4. The first-order chi connectivity index (χ1) is 30.7. The van der Waals surface area contributed by atoms with Crippen LogP contribution in [0.4, 0.5) is 0 Å². The molecule has 0 N–H and O–H groups in total. The molecule has 2 aromatic heterocycles. The van der Waals surface area contributed by atoms with Crippen LogP contribution in [0.5, 0.6) is 0 Å². The molecule has 5 heterocycles. The van der Waals surface area contributed by atoms with E-state index in [0.29, 0.717) is 0 Å². The summed E-state index contributed by atoms with van der Waals surface area (Å²) in [5, 5.41) is 6.70. The van der Waals surface area contributed by atoms with E-state index in [4.69, 9.17) is 0 Å². The Morgan fingerprint density at radius 3 is 1.81 bits per heavy atom. The van der Waals surface area contributed by atoms with Crippen molar-refractivity contribution in [1.29, 1.82) is 0 Å². The molecule has 0 saturated carbocycles. The minimum Gasteiger partial charge on any atom is -0.310 e. The molecule has 0 radical (unpaired) electrons. The zero-order chi connectivity index (χ0) is 40.6. The summed E-state index contributed by atoms with van der Waals surface area (Å²) in [6, 6.07) is 67.9. The van der Waals surface area contributed by atoms with Crippen LogP contribution in [0.2, 0.25) is 0 Å². The van der Waals surface area contributed by atoms with Crippen molar-refractivity contribution >= 4 is 66.6 Å². The molecule has 15 rings (SSSR count). The maximum absolute atomic E-state index is 2.75.